The number of nitrogens with one attached hydrogen (secondary N) is 1. The first-order valence-corrected chi connectivity index (χ1v) is 15.6. The third-order valence-electron chi connectivity index (χ3n) is 8.88. The van der Waals surface area contributed by atoms with Crippen molar-refractivity contribution in [1.29, 1.82) is 0 Å². The van der Waals surface area contributed by atoms with E-state index in [0.717, 1.165) is 54.5 Å². The van der Waals surface area contributed by atoms with Crippen molar-refractivity contribution in [2.75, 3.05) is 7.11 Å². The van der Waals surface area contributed by atoms with Gasteiger partial charge in [-0.05, 0) is 59.0 Å². The van der Waals surface area contributed by atoms with Gasteiger partial charge in [0.15, 0.2) is 0 Å². The normalized spacial score (nSPS) is 23.5. The fraction of sp³-hybridized carbons (Fsp3) is 0.471. The second-order valence-corrected chi connectivity index (χ2v) is 13.5. The molecule has 1 amide bonds. The van der Waals surface area contributed by atoms with E-state index in [0.29, 0.717) is 6.54 Å². The summed E-state index contributed by atoms with van der Waals surface area (Å²) in [6.45, 7) is 6.77. The number of carboxylic acids is 1. The van der Waals surface area contributed by atoms with Gasteiger partial charge in [-0.3, -0.25) is 4.79 Å². The molecular formula is C34H42N2O4S. The highest BCUT2D eigenvalue weighted by Gasteiger charge is 2.58. The molecule has 1 aliphatic heterocycles. The molecule has 3 aromatic rings. The Labute approximate surface area is 247 Å². The average molecular weight is 575 g/mol. The van der Waals surface area contributed by atoms with Crippen LogP contribution in [-0.2, 0) is 16.1 Å². The number of amides is 1. The number of carboxylic acid groups (broad SMARTS) is 1. The maximum absolute atomic E-state index is 14.3. The van der Waals surface area contributed by atoms with Crippen LogP contribution in [0.5, 0.6) is 5.75 Å². The third kappa shape index (κ3) is 6.07. The molecule has 0 radical (unpaired) electrons. The summed E-state index contributed by atoms with van der Waals surface area (Å²) in [5.74, 6) is -0.606. The van der Waals surface area contributed by atoms with E-state index in [1.54, 1.807) is 23.3 Å². The quantitative estimate of drug-likeness (QED) is 0.298. The number of rotatable bonds is 8. The van der Waals surface area contributed by atoms with E-state index in [9.17, 15) is 14.7 Å². The van der Waals surface area contributed by atoms with Crippen LogP contribution in [0.2, 0.25) is 0 Å². The monoisotopic (exact) mass is 574 g/mol. The number of thiophene rings is 1. The molecule has 5 rings (SSSR count). The van der Waals surface area contributed by atoms with Gasteiger partial charge in [0.2, 0.25) is 5.91 Å². The molecular weight excluding hydrogens is 532 g/mol. The van der Waals surface area contributed by atoms with Crippen LogP contribution in [0.15, 0.2) is 66.0 Å². The first-order valence-electron chi connectivity index (χ1n) is 14.7. The molecule has 1 aliphatic carbocycles. The molecule has 4 atom stereocenters. The highest BCUT2D eigenvalue weighted by molar-refractivity contribution is 7.13. The highest BCUT2D eigenvalue weighted by Crippen LogP contribution is 2.49. The minimum Gasteiger partial charge on any atom is -0.496 e. The lowest BCUT2D eigenvalue weighted by molar-refractivity contribution is -0.154. The molecule has 7 heteroatoms. The molecule has 0 unspecified atom stereocenters. The second kappa shape index (κ2) is 12.4. The molecule has 6 nitrogen and oxygen atoms in total. The van der Waals surface area contributed by atoms with Gasteiger partial charge in [-0.1, -0.05) is 76.4 Å². The Morgan fingerprint density at radius 3 is 2.37 bits per heavy atom. The largest absolute Gasteiger partial charge is 0.496 e. The third-order valence-corrected chi connectivity index (χ3v) is 9.80. The van der Waals surface area contributed by atoms with Crippen molar-refractivity contribution in [3.8, 4) is 16.2 Å². The van der Waals surface area contributed by atoms with Crippen LogP contribution in [0, 0.1) is 17.3 Å². The molecule has 0 spiro atoms. The summed E-state index contributed by atoms with van der Waals surface area (Å²) in [7, 11) is 1.68. The van der Waals surface area contributed by atoms with Gasteiger partial charge in [0.25, 0.3) is 0 Å². The fourth-order valence-electron chi connectivity index (χ4n) is 7.03. The van der Waals surface area contributed by atoms with E-state index >= 15 is 0 Å². The summed E-state index contributed by atoms with van der Waals surface area (Å²) in [5.41, 5.74) is 2.71. The van der Waals surface area contributed by atoms with E-state index in [4.69, 9.17) is 4.74 Å². The van der Waals surface area contributed by atoms with Crippen molar-refractivity contribution >= 4 is 23.2 Å². The van der Waals surface area contributed by atoms with Gasteiger partial charge in [0.1, 0.15) is 11.8 Å². The van der Waals surface area contributed by atoms with Crippen molar-refractivity contribution in [2.24, 2.45) is 17.3 Å². The van der Waals surface area contributed by atoms with Crippen LogP contribution in [0.25, 0.3) is 10.4 Å². The van der Waals surface area contributed by atoms with Crippen LogP contribution in [0.4, 0.5) is 0 Å². The van der Waals surface area contributed by atoms with Gasteiger partial charge < -0.3 is 20.1 Å². The predicted octanol–water partition coefficient (Wildman–Crippen LogP) is 7.16. The van der Waals surface area contributed by atoms with E-state index in [2.05, 4.69) is 49.7 Å². The molecule has 2 aromatic carbocycles. The number of hydrogen-bond acceptors (Lipinski definition) is 5. The molecule has 218 valence electrons. The molecule has 41 heavy (non-hydrogen) atoms. The molecule has 1 saturated carbocycles. The molecule has 1 aromatic heterocycles. The summed E-state index contributed by atoms with van der Waals surface area (Å²) in [5, 5.41) is 16.6. The Morgan fingerprint density at radius 1 is 1.02 bits per heavy atom. The Morgan fingerprint density at radius 2 is 1.76 bits per heavy atom. The molecule has 2 fully saturated rings. The van der Waals surface area contributed by atoms with Gasteiger partial charge in [0, 0.05) is 34.9 Å². The average Bonchev–Trinajstić information content (AvgIpc) is 3.63. The number of nitrogens with zero attached hydrogens (tertiary/aromatic N) is 1. The maximum Gasteiger partial charge on any atom is 0.326 e. The summed E-state index contributed by atoms with van der Waals surface area (Å²) in [6, 6.07) is 18.7. The van der Waals surface area contributed by atoms with Crippen LogP contribution in [-0.4, -0.2) is 41.1 Å². The lowest BCUT2D eigenvalue weighted by atomic mass is 9.72. The SMILES string of the molecule is COc1ccc(-c2cccs2)cc1CN[C@H]1[C@H](C(C)(C)C)[C@@H](C(=O)O)N(C(=O)C2CCCCC2)[C@H]1c1ccccc1. The van der Waals surface area contributed by atoms with Gasteiger partial charge in [-0.25, -0.2) is 4.79 Å². The zero-order valence-corrected chi connectivity index (χ0v) is 25.3. The first-order chi connectivity index (χ1) is 19.7. The van der Waals surface area contributed by atoms with Gasteiger partial charge >= 0.3 is 5.97 Å². The summed E-state index contributed by atoms with van der Waals surface area (Å²) in [6.07, 6.45) is 4.82. The molecule has 2 aliphatic rings. The summed E-state index contributed by atoms with van der Waals surface area (Å²) >= 11 is 1.69. The van der Waals surface area contributed by atoms with Crippen molar-refractivity contribution in [2.45, 2.75) is 77.5 Å². The smallest absolute Gasteiger partial charge is 0.326 e. The molecule has 2 N–H and O–H groups in total. The zero-order chi connectivity index (χ0) is 29.1. The van der Waals surface area contributed by atoms with Gasteiger partial charge in [-0.15, -0.1) is 11.3 Å². The fourth-order valence-corrected chi connectivity index (χ4v) is 7.75. The predicted molar refractivity (Wildman–Crippen MR) is 164 cm³/mol. The van der Waals surface area contributed by atoms with Crippen LogP contribution < -0.4 is 10.1 Å². The van der Waals surface area contributed by atoms with Crippen molar-refractivity contribution in [3.05, 3.63) is 77.2 Å². The number of benzene rings is 2. The zero-order valence-electron chi connectivity index (χ0n) is 24.5. The number of hydrogen-bond donors (Lipinski definition) is 2. The number of ether oxygens (including phenoxy) is 1. The van der Waals surface area contributed by atoms with E-state index in [-0.39, 0.29) is 29.2 Å². The summed E-state index contributed by atoms with van der Waals surface area (Å²) in [4.78, 5) is 30.3. The minimum atomic E-state index is -0.934. The number of aliphatic carboxylic acids is 1. The second-order valence-electron chi connectivity index (χ2n) is 12.5. The lowest BCUT2D eigenvalue weighted by Gasteiger charge is -2.36. The van der Waals surface area contributed by atoms with Gasteiger partial charge in [-0.2, -0.15) is 0 Å². The Hall–Kier alpha value is -3.16. The van der Waals surface area contributed by atoms with Crippen LogP contribution >= 0.6 is 11.3 Å². The van der Waals surface area contributed by atoms with E-state index in [1.165, 1.54) is 4.88 Å². The number of carbonyl (C=O) groups excluding carboxylic acids is 1. The number of likely N-dealkylation sites (tertiary alicyclic amines) is 1. The lowest BCUT2D eigenvalue weighted by Crippen LogP contribution is -2.49. The first kappa shape index (κ1) is 29.3. The van der Waals surface area contributed by atoms with Crippen LogP contribution in [0.1, 0.15) is 70.0 Å². The Kier molecular flexibility index (Phi) is 8.85. The number of carbonyl (C=O) groups is 2. The standard InChI is InChI=1S/C34H42N2O4S/c1-34(2,3)28-29(35-21-25-20-24(17-18-26(25)40-4)27-16-11-19-41-27)30(22-12-7-5-8-13-22)36(31(28)33(38)39)32(37)23-14-9-6-10-15-23/h5,7-8,11-13,16-20,23,28-31,35H,6,9-10,14-15,21H2,1-4H3,(H,38,39)/t28-,29-,30-,31-/m0/s1. The number of methoxy groups -OCH3 is 1. The summed E-state index contributed by atoms with van der Waals surface area (Å²) < 4.78 is 5.74. The van der Waals surface area contributed by atoms with E-state index < -0.39 is 18.1 Å². The van der Waals surface area contributed by atoms with E-state index in [1.807, 2.05) is 42.5 Å². The molecule has 0 bridgehead atoms. The topological polar surface area (TPSA) is 78.9 Å². The Balaban J connectivity index is 1.57. The van der Waals surface area contributed by atoms with Crippen LogP contribution in [0.3, 0.4) is 0 Å². The highest BCUT2D eigenvalue weighted by atomic mass is 32.1. The van der Waals surface area contributed by atoms with Gasteiger partial charge in [0.05, 0.1) is 13.2 Å². The van der Waals surface area contributed by atoms with Crippen molar-refractivity contribution < 1.29 is 19.4 Å². The van der Waals surface area contributed by atoms with Crippen molar-refractivity contribution in [1.82, 2.24) is 10.2 Å². The maximum atomic E-state index is 14.3. The molecule has 2 heterocycles. The Bertz CT molecular complexity index is 1330. The van der Waals surface area contributed by atoms with Crippen molar-refractivity contribution in [3.63, 3.8) is 0 Å². The molecule has 1 saturated heterocycles. The minimum absolute atomic E-state index is 0.0122.